The number of piperidine rings is 1. The van der Waals surface area contributed by atoms with Crippen molar-refractivity contribution in [2.75, 3.05) is 25.5 Å². The Kier molecular flexibility index (Phi) is 6.91. The van der Waals surface area contributed by atoms with Gasteiger partial charge in [-0.15, -0.1) is 11.3 Å². The van der Waals surface area contributed by atoms with E-state index in [2.05, 4.69) is 10.3 Å². The molecule has 28 heavy (non-hydrogen) atoms. The molecule has 1 aliphatic rings. The molecule has 2 aromatic rings. The van der Waals surface area contributed by atoms with Crippen molar-refractivity contribution in [3.63, 3.8) is 0 Å². The van der Waals surface area contributed by atoms with Gasteiger partial charge < -0.3 is 15.0 Å². The highest BCUT2D eigenvalue weighted by molar-refractivity contribution is 7.13. The number of amides is 2. The van der Waals surface area contributed by atoms with Gasteiger partial charge in [0.05, 0.1) is 17.8 Å². The molecule has 0 aliphatic carbocycles. The molecule has 1 fully saturated rings. The average Bonchev–Trinajstić information content (AvgIpc) is 3.11. The average molecular weight is 422 g/mol. The van der Waals surface area contributed by atoms with E-state index in [1.807, 2.05) is 35.4 Å². The smallest absolute Gasteiger partial charge is 0.229 e. The number of rotatable bonds is 6. The van der Waals surface area contributed by atoms with E-state index >= 15 is 0 Å². The molecule has 6 nitrogen and oxygen atoms in total. The molecule has 0 saturated carbocycles. The van der Waals surface area contributed by atoms with Gasteiger partial charge >= 0.3 is 0 Å². The highest BCUT2D eigenvalue weighted by Gasteiger charge is 2.27. The number of ether oxygens (including phenoxy) is 1. The number of likely N-dealkylation sites (tertiary alicyclic amines) is 1. The summed E-state index contributed by atoms with van der Waals surface area (Å²) in [4.78, 5) is 31.0. The fourth-order valence-corrected chi connectivity index (χ4v) is 4.26. The van der Waals surface area contributed by atoms with Gasteiger partial charge in [0, 0.05) is 30.8 Å². The molecule has 3 rings (SSSR count). The third kappa shape index (κ3) is 5.23. The standard InChI is InChI=1S/C20H24ClN3O3S/c1-13-12-28-20(22-13)23-19(26)15-7-9-24(10-8-15)18(25)6-4-14-3-5-17(27-2)16(21)11-14/h3,5,11-12,15H,4,6-10H2,1-2H3,(H,22,23,26). The van der Waals surface area contributed by atoms with Crippen molar-refractivity contribution in [3.05, 3.63) is 39.9 Å². The van der Waals surface area contributed by atoms with E-state index < -0.39 is 0 Å². The number of carbonyl (C=O) groups is 2. The summed E-state index contributed by atoms with van der Waals surface area (Å²) in [5, 5.41) is 5.98. The molecule has 0 unspecified atom stereocenters. The number of hydrogen-bond acceptors (Lipinski definition) is 5. The maximum atomic E-state index is 12.5. The monoisotopic (exact) mass is 421 g/mol. The molecular formula is C20H24ClN3O3S. The molecule has 0 spiro atoms. The lowest BCUT2D eigenvalue weighted by Gasteiger charge is -2.31. The van der Waals surface area contributed by atoms with Crippen LogP contribution in [0.5, 0.6) is 5.75 Å². The predicted molar refractivity (Wildman–Crippen MR) is 111 cm³/mol. The third-order valence-corrected chi connectivity index (χ3v) is 6.08. The molecule has 0 bridgehead atoms. The quantitative estimate of drug-likeness (QED) is 0.767. The Morgan fingerprint density at radius 1 is 1.36 bits per heavy atom. The van der Waals surface area contributed by atoms with Gasteiger partial charge in [-0.3, -0.25) is 9.59 Å². The van der Waals surface area contributed by atoms with Crippen molar-refractivity contribution in [2.45, 2.75) is 32.6 Å². The van der Waals surface area contributed by atoms with E-state index in [9.17, 15) is 9.59 Å². The zero-order valence-corrected chi connectivity index (χ0v) is 17.6. The van der Waals surface area contributed by atoms with E-state index in [4.69, 9.17) is 16.3 Å². The number of nitrogens with one attached hydrogen (secondary N) is 1. The first-order valence-corrected chi connectivity index (χ1v) is 10.5. The molecule has 2 heterocycles. The number of benzene rings is 1. The third-order valence-electron chi connectivity index (χ3n) is 4.91. The van der Waals surface area contributed by atoms with Gasteiger partial charge in [0.15, 0.2) is 5.13 Å². The molecule has 1 N–H and O–H groups in total. The SMILES string of the molecule is COc1ccc(CCC(=O)N2CCC(C(=O)Nc3nc(C)cs3)CC2)cc1Cl. The van der Waals surface area contributed by atoms with Crippen LogP contribution < -0.4 is 10.1 Å². The van der Waals surface area contributed by atoms with E-state index in [0.29, 0.717) is 54.7 Å². The highest BCUT2D eigenvalue weighted by atomic mass is 35.5. The second-order valence-corrected chi connectivity index (χ2v) is 8.17. The fourth-order valence-electron chi connectivity index (χ4n) is 3.28. The first-order chi connectivity index (χ1) is 13.5. The van der Waals surface area contributed by atoms with Gasteiger partial charge in [0.1, 0.15) is 5.75 Å². The predicted octanol–water partition coefficient (Wildman–Crippen LogP) is 3.92. The molecular weight excluding hydrogens is 398 g/mol. The summed E-state index contributed by atoms with van der Waals surface area (Å²) in [5.41, 5.74) is 1.91. The van der Waals surface area contributed by atoms with Crippen LogP contribution in [0, 0.1) is 12.8 Å². The maximum absolute atomic E-state index is 12.5. The van der Waals surface area contributed by atoms with Crippen LogP contribution in [0.3, 0.4) is 0 Å². The summed E-state index contributed by atoms with van der Waals surface area (Å²) >= 11 is 7.57. The minimum Gasteiger partial charge on any atom is -0.495 e. The molecule has 150 valence electrons. The van der Waals surface area contributed by atoms with Crippen molar-refractivity contribution in [1.29, 1.82) is 0 Å². The van der Waals surface area contributed by atoms with Crippen LogP contribution in [0.25, 0.3) is 0 Å². The van der Waals surface area contributed by atoms with E-state index in [1.54, 1.807) is 7.11 Å². The molecule has 0 radical (unpaired) electrons. The number of aromatic nitrogens is 1. The van der Waals surface area contributed by atoms with Gasteiger partial charge in [0.25, 0.3) is 0 Å². The van der Waals surface area contributed by atoms with Crippen molar-refractivity contribution >= 4 is 39.9 Å². The number of anilines is 1. The molecule has 2 amide bonds. The Morgan fingerprint density at radius 2 is 2.11 bits per heavy atom. The summed E-state index contributed by atoms with van der Waals surface area (Å²) in [5.74, 6) is 0.661. The lowest BCUT2D eigenvalue weighted by molar-refractivity contribution is -0.134. The number of hydrogen-bond donors (Lipinski definition) is 1. The lowest BCUT2D eigenvalue weighted by Crippen LogP contribution is -2.41. The second kappa shape index (κ2) is 9.39. The van der Waals surface area contributed by atoms with Crippen LogP contribution in [-0.4, -0.2) is 41.9 Å². The molecule has 8 heteroatoms. The van der Waals surface area contributed by atoms with Crippen molar-refractivity contribution in [1.82, 2.24) is 9.88 Å². The topological polar surface area (TPSA) is 71.5 Å². The zero-order chi connectivity index (χ0) is 20.1. The van der Waals surface area contributed by atoms with Gasteiger partial charge in [0.2, 0.25) is 11.8 Å². The van der Waals surface area contributed by atoms with E-state index in [-0.39, 0.29) is 17.7 Å². The summed E-state index contributed by atoms with van der Waals surface area (Å²) in [7, 11) is 1.58. The van der Waals surface area contributed by atoms with E-state index in [1.165, 1.54) is 11.3 Å². The number of aryl methyl sites for hydroxylation is 2. The Balaban J connectivity index is 1.44. The largest absolute Gasteiger partial charge is 0.495 e. The zero-order valence-electron chi connectivity index (χ0n) is 16.0. The number of halogens is 1. The van der Waals surface area contributed by atoms with Crippen molar-refractivity contribution < 1.29 is 14.3 Å². The minimum atomic E-state index is -0.0753. The van der Waals surface area contributed by atoms with Crippen molar-refractivity contribution in [3.8, 4) is 5.75 Å². The maximum Gasteiger partial charge on any atom is 0.229 e. The molecule has 1 saturated heterocycles. The number of thiazole rings is 1. The van der Waals surface area contributed by atoms with Gasteiger partial charge in [-0.25, -0.2) is 4.98 Å². The molecule has 1 aliphatic heterocycles. The van der Waals surface area contributed by atoms with Crippen LogP contribution in [0.4, 0.5) is 5.13 Å². The fraction of sp³-hybridized carbons (Fsp3) is 0.450. The van der Waals surface area contributed by atoms with Crippen LogP contribution in [0.15, 0.2) is 23.6 Å². The summed E-state index contributed by atoms with van der Waals surface area (Å²) < 4.78 is 5.15. The van der Waals surface area contributed by atoms with Crippen LogP contribution >= 0.6 is 22.9 Å². The van der Waals surface area contributed by atoms with Gasteiger partial charge in [-0.2, -0.15) is 0 Å². The number of nitrogens with zero attached hydrogens (tertiary/aromatic N) is 2. The first-order valence-electron chi connectivity index (χ1n) is 9.29. The highest BCUT2D eigenvalue weighted by Crippen LogP contribution is 2.26. The van der Waals surface area contributed by atoms with E-state index in [0.717, 1.165) is 11.3 Å². The molecule has 0 atom stereocenters. The summed E-state index contributed by atoms with van der Waals surface area (Å²) in [6.45, 7) is 3.12. The van der Waals surface area contributed by atoms with Gasteiger partial charge in [-0.1, -0.05) is 17.7 Å². The molecule has 1 aromatic carbocycles. The van der Waals surface area contributed by atoms with Crippen LogP contribution in [0.1, 0.15) is 30.5 Å². The normalized spacial score (nSPS) is 14.8. The first kappa shape index (κ1) is 20.6. The Labute approximate surface area is 173 Å². The lowest BCUT2D eigenvalue weighted by atomic mass is 9.95. The van der Waals surface area contributed by atoms with Crippen molar-refractivity contribution in [2.24, 2.45) is 5.92 Å². The number of methoxy groups -OCH3 is 1. The summed E-state index contributed by atoms with van der Waals surface area (Å²) in [6, 6.07) is 5.58. The molecule has 1 aromatic heterocycles. The Morgan fingerprint density at radius 3 is 2.71 bits per heavy atom. The Hall–Kier alpha value is -2.12. The minimum absolute atomic E-state index is 0.00526. The Bertz CT molecular complexity index is 847. The number of carbonyl (C=O) groups excluding carboxylic acids is 2. The van der Waals surface area contributed by atoms with Crippen LogP contribution in [-0.2, 0) is 16.0 Å². The van der Waals surface area contributed by atoms with Gasteiger partial charge in [-0.05, 0) is 43.9 Å². The van der Waals surface area contributed by atoms with Crippen LogP contribution in [0.2, 0.25) is 5.02 Å². The summed E-state index contributed by atoms with van der Waals surface area (Å²) in [6.07, 6.45) is 2.41. The second-order valence-electron chi connectivity index (χ2n) is 6.91.